The molecule has 2 aromatic rings. The van der Waals surface area contributed by atoms with Crippen molar-refractivity contribution >= 4 is 27.5 Å². The van der Waals surface area contributed by atoms with Crippen LogP contribution < -0.4 is 10.1 Å². The number of anilines is 1. The van der Waals surface area contributed by atoms with E-state index in [2.05, 4.69) is 44.9 Å². The fraction of sp³-hybridized carbons (Fsp3) is 0.190. The van der Waals surface area contributed by atoms with Gasteiger partial charge in [-0.1, -0.05) is 34.7 Å². The number of benzene rings is 2. The third-order valence-electron chi connectivity index (χ3n) is 4.19. The second kappa shape index (κ2) is 8.23. The molecule has 0 saturated heterocycles. The minimum Gasteiger partial charge on any atom is -0.497 e. The third-order valence-corrected chi connectivity index (χ3v) is 4.72. The molecule has 1 aliphatic rings. The first-order valence-electron chi connectivity index (χ1n) is 8.42. The van der Waals surface area contributed by atoms with E-state index in [-0.39, 0.29) is 0 Å². The zero-order chi connectivity index (χ0) is 18.5. The van der Waals surface area contributed by atoms with Crippen LogP contribution in [-0.2, 0) is 13.1 Å². The first kappa shape index (κ1) is 18.3. The van der Waals surface area contributed by atoms with E-state index in [1.165, 1.54) is 11.1 Å². The van der Waals surface area contributed by atoms with Gasteiger partial charge in [-0.2, -0.15) is 0 Å². The van der Waals surface area contributed by atoms with Gasteiger partial charge in [-0.05, 0) is 60.5 Å². The first-order chi connectivity index (χ1) is 12.6. The number of ether oxygens (including phenoxy) is 1. The van der Waals surface area contributed by atoms with Crippen LogP contribution in [0.5, 0.6) is 5.75 Å². The van der Waals surface area contributed by atoms with E-state index in [1.54, 1.807) is 7.11 Å². The predicted molar refractivity (Wildman–Crippen MR) is 111 cm³/mol. The van der Waals surface area contributed by atoms with Crippen molar-refractivity contribution in [3.63, 3.8) is 0 Å². The molecule has 26 heavy (non-hydrogen) atoms. The van der Waals surface area contributed by atoms with E-state index >= 15 is 0 Å². The highest BCUT2D eigenvalue weighted by Gasteiger charge is 2.20. The number of hydrogen-bond acceptors (Lipinski definition) is 3. The van der Waals surface area contributed by atoms with Gasteiger partial charge >= 0.3 is 0 Å². The molecule has 3 rings (SSSR count). The summed E-state index contributed by atoms with van der Waals surface area (Å²) in [5.74, 6) is 2.37. The molecule has 0 aliphatic carbocycles. The van der Waals surface area contributed by atoms with E-state index in [4.69, 9.17) is 9.73 Å². The van der Waals surface area contributed by atoms with E-state index in [0.29, 0.717) is 0 Å². The summed E-state index contributed by atoms with van der Waals surface area (Å²) in [5, 5.41) is 3.34. The average Bonchev–Trinajstić information content (AvgIpc) is 3.07. The van der Waals surface area contributed by atoms with Crippen molar-refractivity contribution in [3.8, 4) is 5.75 Å². The lowest BCUT2D eigenvalue weighted by Crippen LogP contribution is -2.17. The zero-order valence-corrected chi connectivity index (χ0v) is 16.6. The number of fused-ring (bicyclic) bond motifs is 1. The number of aliphatic imine (C=N–C) groups is 1. The van der Waals surface area contributed by atoms with Gasteiger partial charge in [-0.25, -0.2) is 4.99 Å². The second-order valence-corrected chi connectivity index (χ2v) is 6.95. The van der Waals surface area contributed by atoms with Crippen molar-refractivity contribution in [2.75, 3.05) is 12.4 Å². The Kier molecular flexibility index (Phi) is 5.78. The van der Waals surface area contributed by atoms with E-state index in [1.807, 2.05) is 49.4 Å². The van der Waals surface area contributed by atoms with Gasteiger partial charge in [0, 0.05) is 23.2 Å². The highest BCUT2D eigenvalue weighted by molar-refractivity contribution is 9.10. The number of nitrogens with one attached hydrogen (secondary N) is 1. The summed E-state index contributed by atoms with van der Waals surface area (Å²) < 4.78 is 6.36. The van der Waals surface area contributed by atoms with Crippen molar-refractivity contribution in [2.24, 2.45) is 4.99 Å². The maximum Gasteiger partial charge on any atom is 0.132 e. The van der Waals surface area contributed by atoms with Crippen molar-refractivity contribution in [2.45, 2.75) is 20.0 Å². The van der Waals surface area contributed by atoms with Crippen molar-refractivity contribution < 1.29 is 4.74 Å². The number of allylic oxidation sites excluding steroid dienone is 1. The smallest absolute Gasteiger partial charge is 0.132 e. The monoisotopic (exact) mass is 411 g/mol. The molecule has 0 bridgehead atoms. The number of amidine groups is 1. The van der Waals surface area contributed by atoms with E-state index in [9.17, 15) is 0 Å². The molecule has 0 unspecified atom stereocenters. The zero-order valence-electron chi connectivity index (χ0n) is 15.0. The Morgan fingerprint density at radius 2 is 1.92 bits per heavy atom. The molecule has 4 nitrogen and oxygen atoms in total. The van der Waals surface area contributed by atoms with Crippen molar-refractivity contribution in [1.29, 1.82) is 0 Å². The SMILES string of the molecule is C=C(N=C(/C=C\C)Nc1ccc(Br)cc1)N1Cc2ccc(OC)cc2C1. The fourth-order valence-corrected chi connectivity index (χ4v) is 3.10. The quantitative estimate of drug-likeness (QED) is 0.533. The molecule has 0 fully saturated rings. The highest BCUT2D eigenvalue weighted by atomic mass is 79.9. The summed E-state index contributed by atoms with van der Waals surface area (Å²) >= 11 is 3.45. The summed E-state index contributed by atoms with van der Waals surface area (Å²) in [7, 11) is 1.69. The lowest BCUT2D eigenvalue weighted by molar-refractivity contribution is 0.361. The molecule has 0 radical (unpaired) electrons. The largest absolute Gasteiger partial charge is 0.497 e. The van der Waals surface area contributed by atoms with Crippen LogP contribution in [0, 0.1) is 0 Å². The maximum absolute atomic E-state index is 5.32. The number of rotatable bonds is 5. The number of methoxy groups -OCH3 is 1. The molecule has 134 valence electrons. The van der Waals surface area contributed by atoms with Gasteiger partial charge in [0.05, 0.1) is 7.11 Å². The van der Waals surface area contributed by atoms with Crippen LogP contribution in [0.4, 0.5) is 5.69 Å². The van der Waals surface area contributed by atoms with Crippen LogP contribution >= 0.6 is 15.9 Å². The topological polar surface area (TPSA) is 36.9 Å². The Bertz CT molecular complexity index is 856. The lowest BCUT2D eigenvalue weighted by Gasteiger charge is -2.18. The Balaban J connectivity index is 1.74. The van der Waals surface area contributed by atoms with Crippen LogP contribution in [0.2, 0.25) is 0 Å². The Morgan fingerprint density at radius 3 is 2.62 bits per heavy atom. The van der Waals surface area contributed by atoms with Crippen LogP contribution in [0.3, 0.4) is 0 Å². The first-order valence-corrected chi connectivity index (χ1v) is 9.22. The average molecular weight is 412 g/mol. The third kappa shape index (κ3) is 4.35. The van der Waals surface area contributed by atoms with Gasteiger partial charge in [0.25, 0.3) is 0 Å². The van der Waals surface area contributed by atoms with Gasteiger partial charge in [-0.15, -0.1) is 0 Å². The van der Waals surface area contributed by atoms with Crippen molar-refractivity contribution in [1.82, 2.24) is 4.90 Å². The van der Waals surface area contributed by atoms with Crippen LogP contribution in [0.1, 0.15) is 18.1 Å². The number of hydrogen-bond donors (Lipinski definition) is 1. The predicted octanol–water partition coefficient (Wildman–Crippen LogP) is 5.33. The van der Waals surface area contributed by atoms with Gasteiger partial charge in [0.15, 0.2) is 0 Å². The fourth-order valence-electron chi connectivity index (χ4n) is 2.84. The molecule has 2 aromatic carbocycles. The Labute approximate surface area is 163 Å². The molecular formula is C21H22BrN3O. The van der Waals surface area contributed by atoms with Gasteiger partial charge in [-0.3, -0.25) is 0 Å². The molecule has 0 spiro atoms. The summed E-state index contributed by atoms with van der Waals surface area (Å²) in [4.78, 5) is 6.86. The van der Waals surface area contributed by atoms with E-state index in [0.717, 1.165) is 40.7 Å². The van der Waals surface area contributed by atoms with Crippen molar-refractivity contribution in [3.05, 3.63) is 82.6 Å². The molecule has 1 heterocycles. The maximum atomic E-state index is 5.32. The molecule has 1 N–H and O–H groups in total. The molecular weight excluding hydrogens is 390 g/mol. The second-order valence-electron chi connectivity index (χ2n) is 6.04. The van der Waals surface area contributed by atoms with Gasteiger partial charge in [0.1, 0.15) is 17.4 Å². The molecule has 1 aliphatic heterocycles. The Hall–Kier alpha value is -2.53. The number of halogens is 1. The van der Waals surface area contributed by atoms with Crippen LogP contribution in [0.25, 0.3) is 0 Å². The molecule has 5 heteroatoms. The van der Waals surface area contributed by atoms with E-state index < -0.39 is 0 Å². The number of nitrogens with zero attached hydrogens (tertiary/aromatic N) is 2. The normalized spacial score (nSPS) is 13.8. The summed E-state index contributed by atoms with van der Waals surface area (Å²) in [6.45, 7) is 7.73. The van der Waals surface area contributed by atoms with Gasteiger partial charge in [0.2, 0.25) is 0 Å². The highest BCUT2D eigenvalue weighted by Crippen LogP contribution is 2.29. The summed E-state index contributed by atoms with van der Waals surface area (Å²) in [6.07, 6.45) is 3.90. The Morgan fingerprint density at radius 1 is 1.19 bits per heavy atom. The summed E-state index contributed by atoms with van der Waals surface area (Å²) in [6, 6.07) is 14.2. The van der Waals surface area contributed by atoms with Crippen LogP contribution in [0.15, 0.2) is 76.5 Å². The molecule has 0 saturated carbocycles. The summed E-state index contributed by atoms with van der Waals surface area (Å²) in [5.41, 5.74) is 3.53. The molecule has 0 atom stereocenters. The standard InChI is InChI=1S/C21H22BrN3O/c1-4-5-21(24-19-9-7-18(22)8-10-19)23-15(2)25-13-16-6-11-20(26-3)12-17(16)14-25/h4-12H,2,13-14H2,1,3H3,(H,23,24)/b5-4-. The molecule has 0 aromatic heterocycles. The lowest BCUT2D eigenvalue weighted by atomic mass is 10.1. The van der Waals surface area contributed by atoms with Crippen LogP contribution in [-0.4, -0.2) is 17.8 Å². The molecule has 0 amide bonds. The van der Waals surface area contributed by atoms with Gasteiger partial charge < -0.3 is 15.0 Å². The minimum absolute atomic E-state index is 0.734. The minimum atomic E-state index is 0.734.